The highest BCUT2D eigenvalue weighted by atomic mass is 16.6. The first-order valence-electron chi connectivity index (χ1n) is 5.84. The standard InChI is InChI=1S/C11H13N5O2/c17-16(18)8-1-2-9-10(5-8)15-11(14-9)13-7-3-4-12-6-7/h1-2,5,7,12H,3-4,6H2,(H2,13,14,15). The van der Waals surface area contributed by atoms with E-state index < -0.39 is 4.92 Å². The third-order valence-electron chi connectivity index (χ3n) is 3.08. The smallest absolute Gasteiger partial charge is 0.271 e. The van der Waals surface area contributed by atoms with E-state index in [1.165, 1.54) is 12.1 Å². The molecule has 7 heteroatoms. The Hall–Kier alpha value is -2.15. The van der Waals surface area contributed by atoms with Gasteiger partial charge in [-0.2, -0.15) is 0 Å². The van der Waals surface area contributed by atoms with Gasteiger partial charge in [0.2, 0.25) is 5.95 Å². The third kappa shape index (κ3) is 2.00. The number of benzene rings is 1. The molecule has 1 aromatic heterocycles. The lowest BCUT2D eigenvalue weighted by atomic mass is 10.3. The highest BCUT2D eigenvalue weighted by Crippen LogP contribution is 2.21. The number of nitrogens with zero attached hydrogens (tertiary/aromatic N) is 2. The first kappa shape index (κ1) is 11.0. The van der Waals surface area contributed by atoms with Gasteiger partial charge in [-0.25, -0.2) is 4.98 Å². The zero-order valence-corrected chi connectivity index (χ0v) is 9.64. The van der Waals surface area contributed by atoms with E-state index in [4.69, 9.17) is 0 Å². The first-order chi connectivity index (χ1) is 8.72. The second-order valence-corrected chi connectivity index (χ2v) is 4.38. The molecule has 3 rings (SSSR count). The number of fused-ring (bicyclic) bond motifs is 1. The van der Waals surface area contributed by atoms with Crippen LogP contribution in [0.4, 0.5) is 11.6 Å². The number of non-ortho nitro benzene ring substituents is 1. The highest BCUT2D eigenvalue weighted by molar-refractivity contribution is 5.79. The summed E-state index contributed by atoms with van der Waals surface area (Å²) in [6, 6.07) is 4.98. The number of aromatic nitrogens is 2. The summed E-state index contributed by atoms with van der Waals surface area (Å²) in [6.07, 6.45) is 1.05. The Morgan fingerprint density at radius 3 is 3.11 bits per heavy atom. The molecule has 1 unspecified atom stereocenters. The van der Waals surface area contributed by atoms with E-state index in [9.17, 15) is 10.1 Å². The lowest BCUT2D eigenvalue weighted by Crippen LogP contribution is -2.22. The molecule has 1 saturated heterocycles. The lowest BCUT2D eigenvalue weighted by molar-refractivity contribution is -0.384. The number of hydrogen-bond acceptors (Lipinski definition) is 5. The van der Waals surface area contributed by atoms with Crippen molar-refractivity contribution >= 4 is 22.7 Å². The Bertz CT molecular complexity index is 588. The number of nitro groups is 1. The summed E-state index contributed by atoms with van der Waals surface area (Å²) in [6.45, 7) is 1.92. The van der Waals surface area contributed by atoms with Crippen molar-refractivity contribution in [2.45, 2.75) is 12.5 Å². The monoisotopic (exact) mass is 247 g/mol. The summed E-state index contributed by atoms with van der Waals surface area (Å²) < 4.78 is 0. The Morgan fingerprint density at radius 1 is 1.50 bits per heavy atom. The fourth-order valence-electron chi connectivity index (χ4n) is 2.15. The molecule has 1 aliphatic rings. The summed E-state index contributed by atoms with van der Waals surface area (Å²) in [4.78, 5) is 17.7. The zero-order chi connectivity index (χ0) is 12.5. The number of anilines is 1. The van der Waals surface area contributed by atoms with Gasteiger partial charge in [0.05, 0.1) is 16.0 Å². The Labute approximate surface area is 103 Å². The molecule has 0 bridgehead atoms. The molecule has 1 atom stereocenters. The van der Waals surface area contributed by atoms with Gasteiger partial charge < -0.3 is 15.6 Å². The number of H-pyrrole nitrogens is 1. The van der Waals surface area contributed by atoms with Crippen molar-refractivity contribution in [3.8, 4) is 0 Å². The van der Waals surface area contributed by atoms with Crippen LogP contribution in [0.3, 0.4) is 0 Å². The van der Waals surface area contributed by atoms with Crippen molar-refractivity contribution < 1.29 is 4.92 Å². The van der Waals surface area contributed by atoms with E-state index in [1.807, 2.05) is 0 Å². The second-order valence-electron chi connectivity index (χ2n) is 4.38. The van der Waals surface area contributed by atoms with E-state index in [1.54, 1.807) is 6.07 Å². The van der Waals surface area contributed by atoms with Gasteiger partial charge in [-0.1, -0.05) is 0 Å². The molecule has 2 aromatic rings. The van der Waals surface area contributed by atoms with Gasteiger partial charge >= 0.3 is 0 Å². The van der Waals surface area contributed by atoms with Crippen LogP contribution in [0.15, 0.2) is 18.2 Å². The summed E-state index contributed by atoms with van der Waals surface area (Å²) in [7, 11) is 0. The van der Waals surface area contributed by atoms with E-state index in [2.05, 4.69) is 20.6 Å². The van der Waals surface area contributed by atoms with E-state index >= 15 is 0 Å². The number of aromatic amines is 1. The molecular formula is C11H13N5O2. The molecule has 0 saturated carbocycles. The normalized spacial score (nSPS) is 19.2. The maximum Gasteiger partial charge on any atom is 0.271 e. The highest BCUT2D eigenvalue weighted by Gasteiger charge is 2.16. The van der Waals surface area contributed by atoms with Gasteiger partial charge in [-0.15, -0.1) is 0 Å². The molecule has 0 amide bonds. The minimum atomic E-state index is -0.408. The van der Waals surface area contributed by atoms with Crippen molar-refractivity contribution in [1.29, 1.82) is 0 Å². The van der Waals surface area contributed by atoms with Crippen LogP contribution in [0.2, 0.25) is 0 Å². The van der Waals surface area contributed by atoms with Crippen molar-refractivity contribution in [1.82, 2.24) is 15.3 Å². The summed E-state index contributed by atoms with van der Waals surface area (Å²) in [5.74, 6) is 0.666. The number of nitro benzene ring substituents is 1. The molecule has 94 valence electrons. The molecule has 3 N–H and O–H groups in total. The van der Waals surface area contributed by atoms with Crippen LogP contribution in [-0.4, -0.2) is 34.0 Å². The van der Waals surface area contributed by atoms with Crippen molar-refractivity contribution in [3.05, 3.63) is 28.3 Å². The SMILES string of the molecule is O=[N+]([O-])c1ccc2nc(NC3CCNC3)[nH]c2c1. The summed E-state index contributed by atoms with van der Waals surface area (Å²) >= 11 is 0. The van der Waals surface area contributed by atoms with Gasteiger partial charge in [0.25, 0.3) is 5.69 Å². The minimum absolute atomic E-state index is 0.0697. The van der Waals surface area contributed by atoms with Gasteiger partial charge in [-0.05, 0) is 19.0 Å². The van der Waals surface area contributed by atoms with E-state index in [0.29, 0.717) is 17.5 Å². The summed E-state index contributed by atoms with van der Waals surface area (Å²) in [5.41, 5.74) is 1.48. The van der Waals surface area contributed by atoms with Crippen LogP contribution in [0.5, 0.6) is 0 Å². The van der Waals surface area contributed by atoms with Crippen LogP contribution < -0.4 is 10.6 Å². The maximum atomic E-state index is 10.7. The molecule has 1 aromatic carbocycles. The number of hydrogen-bond donors (Lipinski definition) is 3. The second kappa shape index (κ2) is 4.26. The molecule has 1 aliphatic heterocycles. The molecule has 1 fully saturated rings. The average Bonchev–Trinajstić information content (AvgIpc) is 2.96. The van der Waals surface area contributed by atoms with Crippen LogP contribution >= 0.6 is 0 Å². The van der Waals surface area contributed by atoms with Crippen molar-refractivity contribution in [2.24, 2.45) is 0 Å². The Kier molecular flexibility index (Phi) is 2.60. The van der Waals surface area contributed by atoms with Crippen molar-refractivity contribution in [3.63, 3.8) is 0 Å². The minimum Gasteiger partial charge on any atom is -0.352 e. The van der Waals surface area contributed by atoms with Gasteiger partial charge in [0.1, 0.15) is 0 Å². The van der Waals surface area contributed by atoms with Crippen LogP contribution in [0, 0.1) is 10.1 Å². The molecule has 0 aliphatic carbocycles. The number of rotatable bonds is 3. The fourth-order valence-corrected chi connectivity index (χ4v) is 2.15. The van der Waals surface area contributed by atoms with Gasteiger partial charge in [0.15, 0.2) is 0 Å². The van der Waals surface area contributed by atoms with Crippen molar-refractivity contribution in [2.75, 3.05) is 18.4 Å². The Morgan fingerprint density at radius 2 is 2.39 bits per heavy atom. The maximum absolute atomic E-state index is 10.7. The quantitative estimate of drug-likeness (QED) is 0.560. The molecule has 18 heavy (non-hydrogen) atoms. The van der Waals surface area contributed by atoms with E-state index in [-0.39, 0.29) is 5.69 Å². The van der Waals surface area contributed by atoms with Crippen LogP contribution in [-0.2, 0) is 0 Å². The Balaban J connectivity index is 1.87. The van der Waals surface area contributed by atoms with E-state index in [0.717, 1.165) is 25.0 Å². The number of imidazole rings is 1. The largest absolute Gasteiger partial charge is 0.352 e. The number of nitrogens with one attached hydrogen (secondary N) is 3. The fraction of sp³-hybridized carbons (Fsp3) is 0.364. The predicted molar refractivity (Wildman–Crippen MR) is 67.6 cm³/mol. The average molecular weight is 247 g/mol. The predicted octanol–water partition coefficient (Wildman–Crippen LogP) is 1.24. The lowest BCUT2D eigenvalue weighted by Gasteiger charge is -2.08. The topological polar surface area (TPSA) is 95.9 Å². The summed E-state index contributed by atoms with van der Waals surface area (Å²) in [5, 5.41) is 17.2. The molecule has 0 spiro atoms. The molecule has 0 radical (unpaired) electrons. The molecule has 2 heterocycles. The third-order valence-corrected chi connectivity index (χ3v) is 3.08. The van der Waals surface area contributed by atoms with Crippen LogP contribution in [0.25, 0.3) is 11.0 Å². The van der Waals surface area contributed by atoms with Crippen LogP contribution in [0.1, 0.15) is 6.42 Å². The molecular weight excluding hydrogens is 234 g/mol. The first-order valence-corrected chi connectivity index (χ1v) is 5.84. The zero-order valence-electron chi connectivity index (χ0n) is 9.64. The van der Waals surface area contributed by atoms with Gasteiger partial charge in [-0.3, -0.25) is 10.1 Å². The van der Waals surface area contributed by atoms with Gasteiger partial charge in [0, 0.05) is 24.7 Å². The molecule has 7 nitrogen and oxygen atoms in total.